The lowest BCUT2D eigenvalue weighted by Crippen LogP contribution is -2.42. The highest BCUT2D eigenvalue weighted by Gasteiger charge is 2.07. The maximum absolute atomic E-state index is 12.5. The van der Waals surface area contributed by atoms with Gasteiger partial charge in [0.15, 0.2) is 0 Å². The van der Waals surface area contributed by atoms with Crippen LogP contribution in [0.4, 0.5) is 4.79 Å². The molecule has 0 bridgehead atoms. The van der Waals surface area contributed by atoms with Crippen molar-refractivity contribution in [3.05, 3.63) is 78.4 Å². The number of benzene rings is 3. The van der Waals surface area contributed by atoms with Gasteiger partial charge in [-0.05, 0) is 79.2 Å². The maximum Gasteiger partial charge on any atom is 0.316 e. The Hall–Kier alpha value is -4.20. The van der Waals surface area contributed by atoms with Crippen LogP contribution in [0.2, 0.25) is 0 Å². The summed E-state index contributed by atoms with van der Waals surface area (Å²) in [6.07, 6.45) is 21.2. The Balaban J connectivity index is 1.15. The molecule has 3 amide bonds. The number of aromatic hydroxyl groups is 1. The van der Waals surface area contributed by atoms with Crippen molar-refractivity contribution in [1.29, 1.82) is 0 Å². The molecule has 0 radical (unpaired) electrons. The monoisotopic (exact) mass is 645 g/mol. The maximum atomic E-state index is 12.5. The zero-order chi connectivity index (χ0) is 33.4. The average Bonchev–Trinajstić information content (AvgIpc) is 3.08. The van der Waals surface area contributed by atoms with Crippen LogP contribution in [0.25, 0.3) is 0 Å². The number of unbranched alkanes of at least 4 members (excludes halogenated alkanes) is 15. The molecule has 256 valence electrons. The SMILES string of the molecule is CCCCCCCCCCCCCCCCCCNC(=O)NCNC(=O)c1ccc(Oc2ccc(Oc3ccc(O)cc3)cc2)cc1. The van der Waals surface area contributed by atoms with Crippen molar-refractivity contribution in [3.8, 4) is 28.7 Å². The van der Waals surface area contributed by atoms with Crippen molar-refractivity contribution in [3.63, 3.8) is 0 Å². The smallest absolute Gasteiger partial charge is 0.316 e. The third kappa shape index (κ3) is 16.8. The average molecular weight is 646 g/mol. The molecule has 0 saturated carbocycles. The minimum Gasteiger partial charge on any atom is -0.508 e. The molecular weight excluding hydrogens is 590 g/mol. The Morgan fingerprint density at radius 1 is 0.511 bits per heavy atom. The molecule has 0 spiro atoms. The van der Waals surface area contributed by atoms with E-state index in [2.05, 4.69) is 22.9 Å². The van der Waals surface area contributed by atoms with Crippen LogP contribution >= 0.6 is 0 Å². The van der Waals surface area contributed by atoms with Gasteiger partial charge in [0, 0.05) is 12.1 Å². The van der Waals surface area contributed by atoms with Crippen molar-refractivity contribution >= 4 is 11.9 Å². The second-order valence-electron chi connectivity index (χ2n) is 12.1. The van der Waals surface area contributed by atoms with Gasteiger partial charge in [0.1, 0.15) is 28.7 Å². The minimum absolute atomic E-state index is 0.0421. The first-order valence-electron chi connectivity index (χ1n) is 17.7. The summed E-state index contributed by atoms with van der Waals surface area (Å²) < 4.78 is 11.6. The predicted octanol–water partition coefficient (Wildman–Crippen LogP) is 10.2. The van der Waals surface area contributed by atoms with E-state index in [1.807, 2.05) is 0 Å². The largest absolute Gasteiger partial charge is 0.508 e. The van der Waals surface area contributed by atoms with E-state index in [-0.39, 0.29) is 24.4 Å². The third-order valence-electron chi connectivity index (χ3n) is 8.06. The number of carbonyl (C=O) groups is 2. The van der Waals surface area contributed by atoms with Gasteiger partial charge in [-0.25, -0.2) is 4.79 Å². The van der Waals surface area contributed by atoms with Crippen molar-refractivity contribution in [1.82, 2.24) is 16.0 Å². The molecule has 0 heterocycles. The number of rotatable bonds is 24. The van der Waals surface area contributed by atoms with Crippen LogP contribution in [0.3, 0.4) is 0 Å². The first-order valence-corrected chi connectivity index (χ1v) is 17.7. The second kappa shape index (κ2) is 23.2. The van der Waals surface area contributed by atoms with E-state index in [0.717, 1.165) is 12.8 Å². The highest BCUT2D eigenvalue weighted by Crippen LogP contribution is 2.27. The summed E-state index contributed by atoms with van der Waals surface area (Å²) >= 11 is 0. The lowest BCUT2D eigenvalue weighted by Gasteiger charge is -2.10. The van der Waals surface area contributed by atoms with Crippen LogP contribution < -0.4 is 25.4 Å². The molecule has 0 unspecified atom stereocenters. The van der Waals surface area contributed by atoms with Crippen molar-refractivity contribution in [2.45, 2.75) is 110 Å². The van der Waals surface area contributed by atoms with Crippen LogP contribution in [-0.4, -0.2) is 30.3 Å². The number of amides is 3. The number of carbonyl (C=O) groups excluding carboxylic acids is 2. The summed E-state index contributed by atoms with van der Waals surface area (Å²) in [5.74, 6) is 2.35. The standard InChI is InChI=1S/C39H55N3O5/c1-2-3-4-5-6-7-8-9-10-11-12-13-14-15-16-17-30-40-39(45)42-31-41-38(44)32-18-22-34(23-19-32)46-36-26-28-37(29-27-36)47-35-24-20-33(43)21-25-35/h18-29,43H,2-17,30-31H2,1H3,(H,41,44)(H2,40,42,45). The Bertz CT molecular complexity index is 1260. The summed E-state index contributed by atoms with van der Waals surface area (Å²) in [7, 11) is 0. The minimum atomic E-state index is -0.287. The molecule has 8 nitrogen and oxygen atoms in total. The number of phenolic OH excluding ortho intramolecular Hbond substituents is 1. The van der Waals surface area contributed by atoms with Crippen molar-refractivity contribution < 1.29 is 24.2 Å². The first kappa shape index (κ1) is 37.3. The summed E-state index contributed by atoms with van der Waals surface area (Å²) in [4.78, 5) is 24.5. The summed E-state index contributed by atoms with van der Waals surface area (Å²) in [5.41, 5.74) is 0.463. The van der Waals surface area contributed by atoms with Crippen LogP contribution in [0.1, 0.15) is 120 Å². The summed E-state index contributed by atoms with van der Waals surface area (Å²) in [6, 6.07) is 20.1. The van der Waals surface area contributed by atoms with E-state index < -0.39 is 0 Å². The van der Waals surface area contributed by atoms with E-state index in [1.54, 1.807) is 72.8 Å². The highest BCUT2D eigenvalue weighted by atomic mass is 16.5. The van der Waals surface area contributed by atoms with E-state index in [9.17, 15) is 14.7 Å². The molecule has 0 saturated heterocycles. The Kier molecular flexibility index (Phi) is 18.4. The fourth-order valence-corrected chi connectivity index (χ4v) is 5.28. The summed E-state index contributed by atoms with van der Waals surface area (Å²) in [6.45, 7) is 2.95. The number of phenols is 1. The summed E-state index contributed by atoms with van der Waals surface area (Å²) in [5, 5.41) is 17.6. The molecule has 8 heteroatoms. The number of hydrogen-bond donors (Lipinski definition) is 4. The second-order valence-corrected chi connectivity index (χ2v) is 12.1. The number of nitrogens with one attached hydrogen (secondary N) is 3. The first-order chi connectivity index (χ1) is 23.0. The number of ether oxygens (including phenoxy) is 2. The molecule has 0 aliphatic carbocycles. The van der Waals surface area contributed by atoms with Gasteiger partial charge in [0.2, 0.25) is 0 Å². The Morgan fingerprint density at radius 3 is 1.34 bits per heavy atom. The molecule has 0 aromatic heterocycles. The normalized spacial score (nSPS) is 10.7. The van der Waals surface area contributed by atoms with Gasteiger partial charge < -0.3 is 30.5 Å². The van der Waals surface area contributed by atoms with Gasteiger partial charge in [-0.3, -0.25) is 4.79 Å². The van der Waals surface area contributed by atoms with Crippen LogP contribution in [0.5, 0.6) is 28.7 Å². The molecule has 0 aliphatic rings. The molecule has 0 atom stereocenters. The predicted molar refractivity (Wildman–Crippen MR) is 190 cm³/mol. The number of hydrogen-bond acceptors (Lipinski definition) is 5. The zero-order valence-corrected chi connectivity index (χ0v) is 28.2. The number of urea groups is 1. The lowest BCUT2D eigenvalue weighted by atomic mass is 10.0. The van der Waals surface area contributed by atoms with Gasteiger partial charge in [-0.2, -0.15) is 0 Å². The van der Waals surface area contributed by atoms with Crippen LogP contribution in [0.15, 0.2) is 72.8 Å². The van der Waals surface area contributed by atoms with Gasteiger partial charge in [-0.15, -0.1) is 0 Å². The van der Waals surface area contributed by atoms with Crippen molar-refractivity contribution in [2.24, 2.45) is 0 Å². The van der Waals surface area contributed by atoms with E-state index in [1.165, 1.54) is 89.9 Å². The van der Waals surface area contributed by atoms with E-state index in [4.69, 9.17) is 9.47 Å². The molecule has 47 heavy (non-hydrogen) atoms. The molecule has 4 N–H and O–H groups in total. The van der Waals surface area contributed by atoms with Crippen LogP contribution in [0, 0.1) is 0 Å². The van der Waals surface area contributed by atoms with Gasteiger partial charge >= 0.3 is 6.03 Å². The van der Waals surface area contributed by atoms with E-state index >= 15 is 0 Å². The zero-order valence-electron chi connectivity index (χ0n) is 28.2. The quantitative estimate of drug-likeness (QED) is 0.0573. The van der Waals surface area contributed by atoms with E-state index in [0.29, 0.717) is 35.1 Å². The van der Waals surface area contributed by atoms with Gasteiger partial charge in [-0.1, -0.05) is 103 Å². The fraction of sp³-hybridized carbons (Fsp3) is 0.487. The Morgan fingerprint density at radius 2 is 0.894 bits per heavy atom. The van der Waals surface area contributed by atoms with Gasteiger partial charge in [0.25, 0.3) is 5.91 Å². The molecule has 0 aliphatic heterocycles. The highest BCUT2D eigenvalue weighted by molar-refractivity contribution is 5.94. The topological polar surface area (TPSA) is 109 Å². The molecule has 0 fully saturated rings. The molecule has 3 rings (SSSR count). The van der Waals surface area contributed by atoms with Gasteiger partial charge in [0.05, 0.1) is 6.67 Å². The van der Waals surface area contributed by atoms with Crippen LogP contribution in [-0.2, 0) is 0 Å². The lowest BCUT2D eigenvalue weighted by molar-refractivity contribution is 0.0952. The molecule has 3 aromatic rings. The fourth-order valence-electron chi connectivity index (χ4n) is 5.28. The molecule has 3 aromatic carbocycles. The van der Waals surface area contributed by atoms with Crippen molar-refractivity contribution in [2.75, 3.05) is 13.2 Å². The Labute approximate surface area is 281 Å². The third-order valence-corrected chi connectivity index (χ3v) is 8.06. The molecular formula is C39H55N3O5.